The van der Waals surface area contributed by atoms with E-state index in [1.807, 2.05) is 110 Å². The van der Waals surface area contributed by atoms with E-state index in [1.165, 1.54) is 30.3 Å². The van der Waals surface area contributed by atoms with Gasteiger partial charge < -0.3 is 130 Å². The van der Waals surface area contributed by atoms with Gasteiger partial charge in [0.05, 0.1) is 58.0 Å². The molecule has 8 atom stereocenters. The fourth-order valence-electron chi connectivity index (χ4n) is 16.2. The summed E-state index contributed by atoms with van der Waals surface area (Å²) < 4.78 is 44.4. The minimum atomic E-state index is -0.852. The van der Waals surface area contributed by atoms with E-state index in [4.69, 9.17) is 37.9 Å². The predicted molar refractivity (Wildman–Crippen MR) is 502 cm³/mol. The SMILES string of the molecule is COc1ccc(C2=Cc3ccc(O)c(O)c3OC2)cc1.Cc1c(O)ccc2c1OCC(c1ccc(O)cc1)=C2.Cc1c(O)ccc2c1OCC(c1ccc(O)cc1)C2O.Oc1ccc(C2=Cc3ccc(O)cc3OC2)cc1.Oc1ccc(C2COc3c(ccc(O)c3O)C2O)cc1.Oc1ccc(C2COc3cc(O)ccc3C2O)cc1.Oc1ccc2c(c1)OCC(c1ccccc1)C2O. The highest BCUT2D eigenvalue weighted by Crippen LogP contribution is 2.51. The first kappa shape index (κ1) is 92.5. The number of aromatic hydroxyl groups is 14. The van der Waals surface area contributed by atoms with Crippen molar-refractivity contribution in [3.63, 3.8) is 0 Å². The highest BCUT2D eigenvalue weighted by molar-refractivity contribution is 5.89. The molecule has 0 spiro atoms. The third kappa shape index (κ3) is 21.3. The van der Waals surface area contributed by atoms with Crippen LogP contribution in [0.25, 0.3) is 34.9 Å². The van der Waals surface area contributed by atoms with E-state index in [0.717, 1.165) is 95.0 Å². The van der Waals surface area contributed by atoms with Crippen molar-refractivity contribution >= 4 is 34.9 Å². The summed E-state index contributed by atoms with van der Waals surface area (Å²) in [5.41, 5.74) is 16.5. The Morgan fingerprint density at radius 1 is 0.254 bits per heavy atom. The number of phenolic OH excluding ortho intramolecular Hbond substituents is 14. The molecule has 0 bridgehead atoms. The molecule has 7 aliphatic rings. The molecular formula is C108H98O26. The third-order valence-corrected chi connectivity index (χ3v) is 23.8. The number of fused-ring (bicyclic) bond motifs is 7. The Morgan fingerprint density at radius 3 is 1.01 bits per heavy atom. The average Bonchev–Trinajstić information content (AvgIpc) is 0.784. The van der Waals surface area contributed by atoms with Gasteiger partial charge in [0.25, 0.3) is 0 Å². The van der Waals surface area contributed by atoms with Gasteiger partial charge in [-0.15, -0.1) is 0 Å². The second-order valence-electron chi connectivity index (χ2n) is 32.5. The Hall–Kier alpha value is -16.3. The molecule has 14 aromatic rings. The number of benzene rings is 14. The molecule has 21 rings (SSSR count). The van der Waals surface area contributed by atoms with E-state index >= 15 is 0 Å². The van der Waals surface area contributed by atoms with Crippen LogP contribution < -0.4 is 37.9 Å². The molecule has 0 saturated carbocycles. The fourth-order valence-corrected chi connectivity index (χ4v) is 16.2. The number of hydrogen-bond acceptors (Lipinski definition) is 26. The second-order valence-corrected chi connectivity index (χ2v) is 32.5. The lowest BCUT2D eigenvalue weighted by Crippen LogP contribution is -2.24. The van der Waals surface area contributed by atoms with Gasteiger partial charge in [-0.1, -0.05) is 103 Å². The van der Waals surface area contributed by atoms with Crippen LogP contribution in [0.5, 0.6) is 126 Å². The van der Waals surface area contributed by atoms with Crippen LogP contribution in [-0.2, 0) is 0 Å². The molecule has 14 aromatic carbocycles. The van der Waals surface area contributed by atoms with Gasteiger partial charge in [-0.25, -0.2) is 0 Å². The molecule has 0 radical (unpaired) electrons. The monoisotopic (exact) mass is 1810 g/mol. The largest absolute Gasteiger partial charge is 0.508 e. The van der Waals surface area contributed by atoms with Crippen molar-refractivity contribution in [2.75, 3.05) is 53.4 Å². The third-order valence-electron chi connectivity index (χ3n) is 23.8. The zero-order valence-electron chi connectivity index (χ0n) is 72.7. The van der Waals surface area contributed by atoms with Gasteiger partial charge in [0.1, 0.15) is 112 Å². The first-order valence-electron chi connectivity index (χ1n) is 42.7. The molecule has 0 aromatic heterocycles. The molecule has 134 heavy (non-hydrogen) atoms. The minimum absolute atomic E-state index is 0.0664. The van der Waals surface area contributed by atoms with E-state index in [1.54, 1.807) is 172 Å². The summed E-state index contributed by atoms with van der Waals surface area (Å²) in [6.45, 7) is 6.14. The van der Waals surface area contributed by atoms with Crippen molar-refractivity contribution < 1.29 is 130 Å². The van der Waals surface area contributed by atoms with Crippen molar-refractivity contribution in [3.8, 4) is 126 Å². The van der Waals surface area contributed by atoms with Crippen LogP contribution >= 0.6 is 0 Å². The maximum atomic E-state index is 10.5. The van der Waals surface area contributed by atoms with Gasteiger partial charge in [0.2, 0.25) is 11.5 Å². The van der Waals surface area contributed by atoms with Crippen LogP contribution in [0.3, 0.4) is 0 Å². The van der Waals surface area contributed by atoms with Crippen molar-refractivity contribution in [1.29, 1.82) is 0 Å². The maximum Gasteiger partial charge on any atom is 0.201 e. The van der Waals surface area contributed by atoms with Crippen LogP contribution in [-0.4, -0.2) is 145 Å². The number of aliphatic hydroxyl groups excluding tert-OH is 4. The number of rotatable bonds is 8. The van der Waals surface area contributed by atoms with E-state index in [2.05, 4.69) is 6.08 Å². The smallest absolute Gasteiger partial charge is 0.201 e. The molecule has 686 valence electrons. The zero-order chi connectivity index (χ0) is 94.5. The Bertz CT molecular complexity index is 6470. The van der Waals surface area contributed by atoms with Gasteiger partial charge in [-0.2, -0.15) is 0 Å². The van der Waals surface area contributed by atoms with E-state index in [9.17, 15) is 91.9 Å². The van der Waals surface area contributed by atoms with Crippen LogP contribution in [0, 0.1) is 13.8 Å². The van der Waals surface area contributed by atoms with Gasteiger partial charge in [-0.05, 0) is 245 Å². The Labute approximate surface area is 770 Å². The number of hydrogen-bond donors (Lipinski definition) is 18. The van der Waals surface area contributed by atoms with E-state index in [-0.39, 0.29) is 117 Å². The number of ether oxygens (including phenoxy) is 8. The first-order chi connectivity index (χ1) is 64.6. The van der Waals surface area contributed by atoms with E-state index < -0.39 is 24.4 Å². The van der Waals surface area contributed by atoms with Crippen LogP contribution in [0.2, 0.25) is 0 Å². The molecule has 7 aliphatic heterocycles. The molecule has 8 unspecified atom stereocenters. The highest BCUT2D eigenvalue weighted by Gasteiger charge is 2.37. The lowest BCUT2D eigenvalue weighted by atomic mass is 9.86. The zero-order valence-corrected chi connectivity index (χ0v) is 72.7. The first-order valence-corrected chi connectivity index (χ1v) is 42.7. The van der Waals surface area contributed by atoms with Crippen LogP contribution in [0.4, 0.5) is 0 Å². The Kier molecular flexibility index (Phi) is 28.5. The average molecular weight is 1810 g/mol. The molecule has 18 N–H and O–H groups in total. The van der Waals surface area contributed by atoms with Crippen molar-refractivity contribution in [2.24, 2.45) is 0 Å². The minimum Gasteiger partial charge on any atom is -0.508 e. The number of phenols is 14. The van der Waals surface area contributed by atoms with Gasteiger partial charge >= 0.3 is 0 Å². The summed E-state index contributed by atoms with van der Waals surface area (Å²) in [6, 6.07) is 79.0. The fraction of sp³-hybridized carbons (Fsp3) is 0.167. The van der Waals surface area contributed by atoms with Crippen LogP contribution in [0.1, 0.15) is 137 Å². The van der Waals surface area contributed by atoms with Crippen molar-refractivity contribution in [1.82, 2.24) is 0 Å². The molecule has 0 aliphatic carbocycles. The van der Waals surface area contributed by atoms with Gasteiger partial charge in [0.15, 0.2) is 23.0 Å². The molecule has 26 nitrogen and oxygen atoms in total. The lowest BCUT2D eigenvalue weighted by molar-refractivity contribution is 0.0863. The molecule has 0 fully saturated rings. The molecule has 0 saturated heterocycles. The normalized spacial score (nSPS) is 18.0. The lowest BCUT2D eigenvalue weighted by Gasteiger charge is -2.31. The van der Waals surface area contributed by atoms with Crippen molar-refractivity contribution in [3.05, 3.63) is 368 Å². The molecular weight excluding hydrogens is 1710 g/mol. The maximum absolute atomic E-state index is 10.5. The summed E-state index contributed by atoms with van der Waals surface area (Å²) in [4.78, 5) is 0. The second kappa shape index (κ2) is 41.2. The standard InChI is InChI=1S/C16H14O4.C16H16O4.C16H14O3.C15H14O5.C15H14O4.C15H12O3.C15H14O3/c1-19-13-5-2-10(3-6-13)12-8-11-4-7-14(17)15(18)16(11)20-9-12;1-9-14(18)7-6-12-15(19)13(8-20-16(9)12)10-2-4-11(17)5-3-10;1-10-15(18)7-4-12-8-13(9-19-16(10)12)11-2-5-14(17)6-3-11;16-9-3-1-8(2-4-9)11-7-20-15-10(13(11)18)5-6-12(17)14(15)19;16-10-3-1-9(2-4-10)13-8-19-14-7-11(17)5-6-12(14)15(13)18;16-13-4-1-10(2-5-13)12-7-11-3-6-14(17)8-15(11)18-9-12;16-11-6-7-12-14(8-11)18-9-13(15(12)17)10-4-2-1-3-5-10/h2-8,17-18H,9H2,1H3;2-7,13,15,17-19H,8H2,1H3;2-8,17-18H,9H2,1H3;1-6,11,13,16-19H,7H2;1-7,13,15-18H,8H2;1-8,16-17H,9H2;1-8,13,15-17H,9H2. The number of aliphatic hydroxyl groups is 4. The summed E-state index contributed by atoms with van der Waals surface area (Å²) in [5, 5.41) is 174. The molecule has 7 heterocycles. The van der Waals surface area contributed by atoms with Crippen LogP contribution in [0.15, 0.2) is 279 Å². The summed E-state index contributed by atoms with van der Waals surface area (Å²) in [6.07, 6.45) is 3.20. The summed E-state index contributed by atoms with van der Waals surface area (Å²) in [5.74, 6) is 4.49. The molecule has 26 heteroatoms. The predicted octanol–water partition coefficient (Wildman–Crippen LogP) is 18.9. The summed E-state index contributed by atoms with van der Waals surface area (Å²) in [7, 11) is 1.63. The van der Waals surface area contributed by atoms with Gasteiger partial charge in [-0.3, -0.25) is 0 Å². The Balaban J connectivity index is 0.000000119. The van der Waals surface area contributed by atoms with Gasteiger partial charge in [0, 0.05) is 91.9 Å². The van der Waals surface area contributed by atoms with E-state index in [0.29, 0.717) is 90.6 Å². The quantitative estimate of drug-likeness (QED) is 0.0628. The summed E-state index contributed by atoms with van der Waals surface area (Å²) >= 11 is 0. The molecule has 0 amide bonds. The number of methoxy groups -OCH3 is 1. The highest BCUT2D eigenvalue weighted by atomic mass is 16.5. The topological polar surface area (TPSA) is 438 Å². The van der Waals surface area contributed by atoms with Crippen molar-refractivity contribution in [2.45, 2.75) is 61.9 Å². The Morgan fingerprint density at radius 2 is 0.560 bits per heavy atom.